The van der Waals surface area contributed by atoms with Gasteiger partial charge < -0.3 is 39.3 Å². The highest BCUT2D eigenvalue weighted by Crippen LogP contribution is 2.36. The van der Waals surface area contributed by atoms with Gasteiger partial charge in [0, 0.05) is 26.1 Å². The molecule has 248 valence electrons. The highest BCUT2D eigenvalue weighted by atomic mass is 16.8. The molecule has 5 atom stereocenters. The molecule has 1 fully saturated rings. The van der Waals surface area contributed by atoms with Crippen LogP contribution in [0.4, 0.5) is 0 Å². The van der Waals surface area contributed by atoms with E-state index < -0.39 is 66.2 Å². The summed E-state index contributed by atoms with van der Waals surface area (Å²) in [5.74, 6) is -10.0. The summed E-state index contributed by atoms with van der Waals surface area (Å²) in [6.07, 6.45) is -3.38. The lowest BCUT2D eigenvalue weighted by molar-refractivity contribution is -0.215. The monoisotopic (exact) mass is 648 g/mol. The molecule has 0 aliphatic carbocycles. The number of likely N-dealkylation sites (N-methyl/N-ethyl adjacent to an activating group) is 1. The molecule has 0 bridgehead atoms. The first-order chi connectivity index (χ1) is 22.3. The molecule has 1 aliphatic heterocycles. The van der Waals surface area contributed by atoms with Gasteiger partial charge in [-0.1, -0.05) is 60.7 Å². The van der Waals surface area contributed by atoms with Gasteiger partial charge in [0.15, 0.2) is 12.2 Å². The molecule has 3 aromatic rings. The number of aryl methyl sites for hydroxylation is 1. The van der Waals surface area contributed by atoms with E-state index in [0.29, 0.717) is 24.3 Å². The molecule has 0 saturated carbocycles. The summed E-state index contributed by atoms with van der Waals surface area (Å²) in [6.45, 7) is 0.747. The lowest BCUT2D eigenvalue weighted by Gasteiger charge is -2.36. The number of para-hydroxylation sites is 1. The van der Waals surface area contributed by atoms with Crippen molar-refractivity contribution in [3.8, 4) is 11.5 Å². The highest BCUT2D eigenvalue weighted by molar-refractivity contribution is 6.05. The van der Waals surface area contributed by atoms with E-state index in [9.17, 15) is 39.3 Å². The lowest BCUT2D eigenvalue weighted by atomic mass is 9.85. The van der Waals surface area contributed by atoms with Crippen molar-refractivity contribution in [2.24, 2.45) is 0 Å². The van der Waals surface area contributed by atoms with Gasteiger partial charge in [-0.2, -0.15) is 0 Å². The third-order valence-corrected chi connectivity index (χ3v) is 7.85. The Kier molecular flexibility index (Phi) is 11.0. The van der Waals surface area contributed by atoms with Crippen LogP contribution in [0, 0.1) is 0 Å². The maximum absolute atomic E-state index is 14.1. The number of carbonyl (C=O) groups excluding carboxylic acids is 2. The molecule has 4 rings (SSSR count). The predicted molar refractivity (Wildman–Crippen MR) is 166 cm³/mol. The van der Waals surface area contributed by atoms with Crippen LogP contribution in [0.2, 0.25) is 0 Å². The van der Waals surface area contributed by atoms with E-state index in [-0.39, 0.29) is 0 Å². The SMILES string of the molecule is C[C@H]([C@H](CCc1ccccc1)c1ccc(Oc2ccccc2)cc1)N(CC(=O)O)C(=O)[C@H]1O[C@@](C(=O)O)(C(=O)N(C)C)O[C@@H]1C(=O)O. The molecule has 1 saturated heterocycles. The topological polar surface area (TPSA) is 180 Å². The van der Waals surface area contributed by atoms with Crippen molar-refractivity contribution in [1.82, 2.24) is 9.80 Å². The minimum atomic E-state index is -3.13. The average Bonchev–Trinajstić information content (AvgIpc) is 3.47. The maximum atomic E-state index is 14.1. The molecule has 47 heavy (non-hydrogen) atoms. The van der Waals surface area contributed by atoms with Crippen molar-refractivity contribution in [2.75, 3.05) is 20.6 Å². The number of nitrogens with zero attached hydrogens (tertiary/aromatic N) is 2. The van der Waals surface area contributed by atoms with Gasteiger partial charge in [0.25, 0.3) is 11.8 Å². The summed E-state index contributed by atoms with van der Waals surface area (Å²) in [7, 11) is 2.41. The molecule has 0 aromatic heterocycles. The van der Waals surface area contributed by atoms with Gasteiger partial charge in [-0.25, -0.2) is 9.59 Å². The van der Waals surface area contributed by atoms with E-state index in [1.165, 1.54) is 14.1 Å². The highest BCUT2D eigenvalue weighted by Gasteiger charge is 2.64. The smallest absolute Gasteiger partial charge is 0.375 e. The summed E-state index contributed by atoms with van der Waals surface area (Å²) in [4.78, 5) is 65.2. The first-order valence-corrected chi connectivity index (χ1v) is 14.8. The Morgan fingerprint density at radius 1 is 0.809 bits per heavy atom. The van der Waals surface area contributed by atoms with Crippen molar-refractivity contribution in [3.63, 3.8) is 0 Å². The Morgan fingerprint density at radius 3 is 1.89 bits per heavy atom. The quantitative estimate of drug-likeness (QED) is 0.219. The van der Waals surface area contributed by atoms with Crippen molar-refractivity contribution in [3.05, 3.63) is 96.1 Å². The fourth-order valence-electron chi connectivity index (χ4n) is 5.47. The minimum Gasteiger partial charge on any atom is -0.480 e. The van der Waals surface area contributed by atoms with Gasteiger partial charge in [-0.3, -0.25) is 14.4 Å². The number of ether oxygens (including phenoxy) is 3. The van der Waals surface area contributed by atoms with Crippen molar-refractivity contribution in [1.29, 1.82) is 0 Å². The summed E-state index contributed by atoms with van der Waals surface area (Å²) >= 11 is 0. The molecule has 3 N–H and O–H groups in total. The molecule has 1 aliphatic rings. The zero-order valence-electron chi connectivity index (χ0n) is 26.0. The minimum absolute atomic E-state index is 0.441. The van der Waals surface area contributed by atoms with E-state index in [0.717, 1.165) is 20.9 Å². The van der Waals surface area contributed by atoms with Gasteiger partial charge in [-0.05, 0) is 55.2 Å². The number of carboxylic acids is 3. The molecular formula is C34H36N2O11. The van der Waals surface area contributed by atoms with Crippen LogP contribution in [0.25, 0.3) is 0 Å². The van der Waals surface area contributed by atoms with Crippen LogP contribution in [0.1, 0.15) is 30.4 Å². The van der Waals surface area contributed by atoms with E-state index >= 15 is 0 Å². The average molecular weight is 649 g/mol. The first-order valence-electron chi connectivity index (χ1n) is 14.8. The number of carboxylic acid groups (broad SMARTS) is 3. The molecule has 2 amide bonds. The van der Waals surface area contributed by atoms with Gasteiger partial charge in [-0.15, -0.1) is 0 Å². The molecule has 0 spiro atoms. The molecule has 13 heteroatoms. The zero-order chi connectivity index (χ0) is 34.3. The number of rotatable bonds is 14. The zero-order valence-corrected chi connectivity index (χ0v) is 26.0. The van der Waals surface area contributed by atoms with Crippen LogP contribution in [-0.2, 0) is 39.9 Å². The van der Waals surface area contributed by atoms with Crippen molar-refractivity contribution in [2.45, 2.75) is 49.7 Å². The van der Waals surface area contributed by atoms with E-state index in [1.54, 1.807) is 43.3 Å². The van der Waals surface area contributed by atoms with Gasteiger partial charge in [0.1, 0.15) is 18.0 Å². The van der Waals surface area contributed by atoms with E-state index in [2.05, 4.69) is 0 Å². The lowest BCUT2D eigenvalue weighted by Crippen LogP contribution is -2.55. The normalized spacial score (nSPS) is 20.1. The van der Waals surface area contributed by atoms with E-state index in [1.807, 2.05) is 48.5 Å². The Balaban J connectivity index is 1.70. The van der Waals surface area contributed by atoms with Crippen LogP contribution in [0.3, 0.4) is 0 Å². The summed E-state index contributed by atoms with van der Waals surface area (Å²) < 4.78 is 16.4. The second kappa shape index (κ2) is 14.9. The largest absolute Gasteiger partial charge is 0.480 e. The second-order valence-corrected chi connectivity index (χ2v) is 11.3. The van der Waals surface area contributed by atoms with Crippen LogP contribution < -0.4 is 4.74 Å². The Labute approximate surface area is 270 Å². The van der Waals surface area contributed by atoms with Crippen molar-refractivity contribution < 1.29 is 53.5 Å². The number of benzene rings is 3. The third-order valence-electron chi connectivity index (χ3n) is 7.85. The fraction of sp³-hybridized carbons (Fsp3) is 0.324. The molecule has 1 heterocycles. The molecule has 13 nitrogen and oxygen atoms in total. The number of amides is 2. The van der Waals surface area contributed by atoms with Gasteiger partial charge in [0.2, 0.25) is 0 Å². The Hall–Kier alpha value is -5.27. The molecule has 3 aromatic carbocycles. The predicted octanol–water partition coefficient (Wildman–Crippen LogP) is 3.23. The molecular weight excluding hydrogens is 612 g/mol. The maximum Gasteiger partial charge on any atom is 0.375 e. The standard InChI is InChI=1S/C34H36N2O11/c1-21(36(20-27(37)38)30(39)28-29(31(40)41)47-34(46-28,33(43)44)32(42)35(2)3)26(19-14-22-10-6-4-7-11-22)23-15-17-25(18-16-23)45-24-12-8-5-9-13-24/h4-13,15-18,21,26,28-29H,14,19-20H2,1-3H3,(H,37,38)(H,40,41)(H,43,44)/t21-,26+,28+,29+,34+/m1/s1. The summed E-state index contributed by atoms with van der Waals surface area (Å²) in [5.41, 5.74) is 1.73. The summed E-state index contributed by atoms with van der Waals surface area (Å²) in [5, 5.41) is 29.6. The summed E-state index contributed by atoms with van der Waals surface area (Å²) in [6, 6.07) is 24.9. The number of hydrogen-bond acceptors (Lipinski definition) is 8. The second-order valence-electron chi connectivity index (χ2n) is 11.3. The molecule has 0 unspecified atom stereocenters. The molecule has 0 radical (unpaired) electrons. The Morgan fingerprint density at radius 2 is 1.36 bits per heavy atom. The number of hydrogen-bond donors (Lipinski definition) is 3. The number of carbonyl (C=O) groups is 5. The Bertz CT molecular complexity index is 1580. The van der Waals surface area contributed by atoms with Gasteiger partial charge >= 0.3 is 23.7 Å². The van der Waals surface area contributed by atoms with Crippen LogP contribution in [0.15, 0.2) is 84.9 Å². The fourth-order valence-corrected chi connectivity index (χ4v) is 5.47. The number of aliphatic carboxylic acids is 3. The van der Waals surface area contributed by atoms with Crippen LogP contribution >= 0.6 is 0 Å². The van der Waals surface area contributed by atoms with Crippen molar-refractivity contribution >= 4 is 29.7 Å². The first kappa shape index (κ1) is 34.6. The van der Waals surface area contributed by atoms with E-state index in [4.69, 9.17) is 14.2 Å². The third kappa shape index (κ3) is 7.94. The van der Waals surface area contributed by atoms with Crippen LogP contribution in [0.5, 0.6) is 11.5 Å². The van der Waals surface area contributed by atoms with Crippen LogP contribution in [-0.4, -0.2) is 99.5 Å². The van der Waals surface area contributed by atoms with Gasteiger partial charge in [0.05, 0.1) is 0 Å².